The van der Waals surface area contributed by atoms with Crippen LogP contribution in [0.4, 0.5) is 0 Å². The highest BCUT2D eigenvalue weighted by Crippen LogP contribution is 2.37. The number of hydrogen-bond acceptors (Lipinski definition) is 0. The largest absolute Gasteiger partial charge is 0.0622 e. The molecule has 4 aromatic carbocycles. The molecule has 144 valence electrons. The van der Waals surface area contributed by atoms with E-state index in [9.17, 15) is 0 Å². The third-order valence-corrected chi connectivity index (χ3v) is 5.66. The topological polar surface area (TPSA) is 0 Å². The SMILES string of the molecule is Cc1c(-c2ccccc2)cc(C(C)(C)C)cc1-c1ccc(-c2ccccc2)cc1. The number of rotatable bonds is 3. The van der Waals surface area contributed by atoms with Crippen LogP contribution < -0.4 is 0 Å². The zero-order chi connectivity index (χ0) is 20.4. The maximum absolute atomic E-state index is 2.37. The van der Waals surface area contributed by atoms with Gasteiger partial charge in [-0.1, -0.05) is 118 Å². The summed E-state index contributed by atoms with van der Waals surface area (Å²) in [7, 11) is 0. The molecule has 0 N–H and O–H groups in total. The molecule has 0 unspecified atom stereocenters. The van der Waals surface area contributed by atoms with E-state index in [0.717, 1.165) is 0 Å². The van der Waals surface area contributed by atoms with E-state index in [2.05, 4.69) is 125 Å². The zero-order valence-corrected chi connectivity index (χ0v) is 17.7. The highest BCUT2D eigenvalue weighted by atomic mass is 14.2. The first-order chi connectivity index (χ1) is 13.9. The van der Waals surface area contributed by atoms with Crippen LogP contribution in [-0.2, 0) is 5.41 Å². The van der Waals surface area contributed by atoms with Gasteiger partial charge in [0.15, 0.2) is 0 Å². The van der Waals surface area contributed by atoms with E-state index in [0.29, 0.717) is 0 Å². The molecule has 0 fully saturated rings. The van der Waals surface area contributed by atoms with Crippen molar-refractivity contribution < 1.29 is 0 Å². The lowest BCUT2D eigenvalue weighted by Gasteiger charge is -2.23. The second kappa shape index (κ2) is 7.72. The summed E-state index contributed by atoms with van der Waals surface area (Å²) in [4.78, 5) is 0. The summed E-state index contributed by atoms with van der Waals surface area (Å²) in [5, 5.41) is 0. The van der Waals surface area contributed by atoms with Crippen LogP contribution in [0.25, 0.3) is 33.4 Å². The Bertz CT molecular complexity index is 1100. The van der Waals surface area contributed by atoms with Crippen LogP contribution in [0, 0.1) is 6.92 Å². The van der Waals surface area contributed by atoms with Gasteiger partial charge in [0.1, 0.15) is 0 Å². The van der Waals surface area contributed by atoms with Gasteiger partial charge in [-0.3, -0.25) is 0 Å². The van der Waals surface area contributed by atoms with Gasteiger partial charge < -0.3 is 0 Å². The molecule has 0 heterocycles. The van der Waals surface area contributed by atoms with Crippen molar-refractivity contribution in [2.24, 2.45) is 0 Å². The van der Waals surface area contributed by atoms with E-state index in [-0.39, 0.29) is 5.41 Å². The Morgan fingerprint density at radius 2 is 0.862 bits per heavy atom. The van der Waals surface area contributed by atoms with Crippen molar-refractivity contribution in [3.05, 3.63) is 108 Å². The molecule has 0 aliphatic carbocycles. The molecule has 0 heteroatoms. The van der Waals surface area contributed by atoms with Crippen molar-refractivity contribution in [3.63, 3.8) is 0 Å². The van der Waals surface area contributed by atoms with Gasteiger partial charge in [-0.2, -0.15) is 0 Å². The number of hydrogen-bond donors (Lipinski definition) is 0. The summed E-state index contributed by atoms with van der Waals surface area (Å²) < 4.78 is 0. The van der Waals surface area contributed by atoms with Gasteiger partial charge >= 0.3 is 0 Å². The summed E-state index contributed by atoms with van der Waals surface area (Å²) in [5.41, 5.74) is 10.5. The molecule has 0 spiro atoms. The average Bonchev–Trinajstić information content (AvgIpc) is 2.74. The highest BCUT2D eigenvalue weighted by Gasteiger charge is 2.19. The van der Waals surface area contributed by atoms with Gasteiger partial charge in [0.2, 0.25) is 0 Å². The molecule has 0 aromatic heterocycles. The van der Waals surface area contributed by atoms with Gasteiger partial charge in [0, 0.05) is 0 Å². The lowest BCUT2D eigenvalue weighted by atomic mass is 9.81. The monoisotopic (exact) mass is 376 g/mol. The van der Waals surface area contributed by atoms with E-state index >= 15 is 0 Å². The minimum Gasteiger partial charge on any atom is -0.0622 e. The average molecular weight is 377 g/mol. The Hall–Kier alpha value is -3.12. The third kappa shape index (κ3) is 4.03. The summed E-state index contributed by atoms with van der Waals surface area (Å²) in [6.07, 6.45) is 0. The van der Waals surface area contributed by atoms with Crippen LogP contribution in [0.15, 0.2) is 97.1 Å². The van der Waals surface area contributed by atoms with E-state index in [1.54, 1.807) is 0 Å². The van der Waals surface area contributed by atoms with Crippen molar-refractivity contribution in [1.29, 1.82) is 0 Å². The lowest BCUT2D eigenvalue weighted by Crippen LogP contribution is -2.12. The third-order valence-electron chi connectivity index (χ3n) is 5.66. The van der Waals surface area contributed by atoms with Crippen molar-refractivity contribution in [2.75, 3.05) is 0 Å². The smallest absolute Gasteiger partial charge is 0.0131 e. The van der Waals surface area contributed by atoms with Crippen molar-refractivity contribution in [2.45, 2.75) is 33.1 Å². The van der Waals surface area contributed by atoms with Crippen molar-refractivity contribution in [1.82, 2.24) is 0 Å². The molecule has 0 amide bonds. The fraction of sp³-hybridized carbons (Fsp3) is 0.172. The van der Waals surface area contributed by atoms with Crippen LogP contribution >= 0.6 is 0 Å². The molecule has 0 aliphatic heterocycles. The van der Waals surface area contributed by atoms with E-state index in [4.69, 9.17) is 0 Å². The molecule has 4 aromatic rings. The Labute approximate surface area is 174 Å². The van der Waals surface area contributed by atoms with E-state index in [1.165, 1.54) is 44.5 Å². The molecule has 0 nitrogen and oxygen atoms in total. The van der Waals surface area contributed by atoms with Gasteiger partial charge in [-0.15, -0.1) is 0 Å². The fourth-order valence-corrected chi connectivity index (χ4v) is 3.84. The lowest BCUT2D eigenvalue weighted by molar-refractivity contribution is 0.590. The molecular formula is C29H28. The summed E-state index contributed by atoms with van der Waals surface area (Å²) in [6, 6.07) is 35.0. The normalized spacial score (nSPS) is 11.4. The second-order valence-corrected chi connectivity index (χ2v) is 8.76. The zero-order valence-electron chi connectivity index (χ0n) is 17.7. The van der Waals surface area contributed by atoms with Crippen LogP contribution in [0.1, 0.15) is 31.9 Å². The Balaban J connectivity index is 1.85. The van der Waals surface area contributed by atoms with Gasteiger partial charge in [-0.25, -0.2) is 0 Å². The standard InChI is InChI=1S/C29H28/c1-21-27(24-13-9-6-10-14-24)19-26(29(2,3)4)20-28(21)25-17-15-23(16-18-25)22-11-7-5-8-12-22/h5-20H,1-4H3. The highest BCUT2D eigenvalue weighted by molar-refractivity contribution is 5.80. The van der Waals surface area contributed by atoms with E-state index < -0.39 is 0 Å². The molecule has 0 radical (unpaired) electrons. The molecule has 29 heavy (non-hydrogen) atoms. The maximum Gasteiger partial charge on any atom is -0.0131 e. The van der Waals surface area contributed by atoms with Gasteiger partial charge in [0.05, 0.1) is 0 Å². The molecular weight excluding hydrogens is 348 g/mol. The molecule has 4 rings (SSSR count). The molecule has 0 saturated heterocycles. The van der Waals surface area contributed by atoms with Crippen LogP contribution in [0.5, 0.6) is 0 Å². The molecule has 0 atom stereocenters. The minimum atomic E-state index is 0.0932. The molecule has 0 saturated carbocycles. The van der Waals surface area contributed by atoms with Crippen LogP contribution in [0.3, 0.4) is 0 Å². The predicted molar refractivity (Wildman–Crippen MR) is 126 cm³/mol. The second-order valence-electron chi connectivity index (χ2n) is 8.76. The van der Waals surface area contributed by atoms with Crippen molar-refractivity contribution in [3.8, 4) is 33.4 Å². The first-order valence-electron chi connectivity index (χ1n) is 10.3. The maximum atomic E-state index is 2.37. The first kappa shape index (κ1) is 19.2. The Kier molecular flexibility index (Phi) is 5.11. The van der Waals surface area contributed by atoms with Crippen LogP contribution in [0.2, 0.25) is 0 Å². The van der Waals surface area contributed by atoms with Crippen LogP contribution in [-0.4, -0.2) is 0 Å². The van der Waals surface area contributed by atoms with Gasteiger partial charge in [0.25, 0.3) is 0 Å². The molecule has 0 bridgehead atoms. The molecule has 0 aliphatic rings. The summed E-state index contributed by atoms with van der Waals surface area (Å²) in [5.74, 6) is 0. The number of benzene rings is 4. The minimum absolute atomic E-state index is 0.0932. The Morgan fingerprint density at radius 3 is 1.34 bits per heavy atom. The fourth-order valence-electron chi connectivity index (χ4n) is 3.84. The Morgan fingerprint density at radius 1 is 0.483 bits per heavy atom. The summed E-state index contributed by atoms with van der Waals surface area (Å²) in [6.45, 7) is 9.10. The van der Waals surface area contributed by atoms with E-state index in [1.807, 2.05) is 0 Å². The quantitative estimate of drug-likeness (QED) is 0.337. The van der Waals surface area contributed by atoms with Crippen molar-refractivity contribution >= 4 is 0 Å². The predicted octanol–water partition coefficient (Wildman–Crippen LogP) is 8.29. The van der Waals surface area contributed by atoms with Gasteiger partial charge in [-0.05, 0) is 56.8 Å². The first-order valence-corrected chi connectivity index (χ1v) is 10.3. The summed E-state index contributed by atoms with van der Waals surface area (Å²) >= 11 is 0.